The van der Waals surface area contributed by atoms with E-state index in [4.69, 9.17) is 0 Å². The molecule has 4 heteroatoms. The smallest absolute Gasteiger partial charge is 0.254 e. The molecule has 0 aliphatic carbocycles. The van der Waals surface area contributed by atoms with Crippen LogP contribution in [0.5, 0.6) is 0 Å². The number of carbonyl (C=O) groups is 1. The van der Waals surface area contributed by atoms with Crippen LogP contribution in [-0.2, 0) is 0 Å². The molecule has 1 aliphatic rings. The first kappa shape index (κ1) is 13.0. The van der Waals surface area contributed by atoms with E-state index in [1.807, 2.05) is 18.7 Å². The highest BCUT2D eigenvalue weighted by molar-refractivity contribution is 5.94. The predicted molar refractivity (Wildman–Crippen MR) is 69.0 cm³/mol. The summed E-state index contributed by atoms with van der Waals surface area (Å²) in [4.78, 5) is 14.3. The number of piperazine rings is 1. The van der Waals surface area contributed by atoms with E-state index in [2.05, 4.69) is 12.2 Å². The van der Waals surface area contributed by atoms with Gasteiger partial charge in [-0.3, -0.25) is 4.79 Å². The number of halogens is 1. The fourth-order valence-corrected chi connectivity index (χ4v) is 2.21. The maximum atomic E-state index is 12.9. The van der Waals surface area contributed by atoms with Crippen molar-refractivity contribution in [2.24, 2.45) is 0 Å². The van der Waals surface area contributed by atoms with Gasteiger partial charge in [-0.2, -0.15) is 0 Å². The number of rotatable bonds is 1. The lowest BCUT2D eigenvalue weighted by atomic mass is 9.96. The number of amides is 1. The minimum Gasteiger partial charge on any atom is -0.331 e. The first-order valence-corrected chi connectivity index (χ1v) is 6.21. The molecule has 0 saturated carbocycles. The van der Waals surface area contributed by atoms with Crippen molar-refractivity contribution in [3.63, 3.8) is 0 Å². The lowest BCUT2D eigenvalue weighted by Gasteiger charge is -2.45. The Bertz CT molecular complexity index is 442. The van der Waals surface area contributed by atoms with E-state index in [0.717, 1.165) is 6.54 Å². The molecular formula is C14H19FN2O. The molecule has 98 valence electrons. The summed E-state index contributed by atoms with van der Waals surface area (Å²) in [5.74, 6) is -0.354. The summed E-state index contributed by atoms with van der Waals surface area (Å²) in [6.45, 7) is 7.56. The van der Waals surface area contributed by atoms with Crippen molar-refractivity contribution in [3.8, 4) is 0 Å². The minimum atomic E-state index is -0.320. The van der Waals surface area contributed by atoms with Crippen molar-refractivity contribution >= 4 is 5.91 Å². The van der Waals surface area contributed by atoms with Gasteiger partial charge in [0.05, 0.1) is 5.54 Å². The van der Waals surface area contributed by atoms with Crippen LogP contribution < -0.4 is 5.32 Å². The highest BCUT2D eigenvalue weighted by atomic mass is 19.1. The van der Waals surface area contributed by atoms with Crippen LogP contribution >= 0.6 is 0 Å². The number of benzene rings is 1. The Balaban J connectivity index is 2.23. The van der Waals surface area contributed by atoms with Gasteiger partial charge in [-0.25, -0.2) is 4.39 Å². The highest BCUT2D eigenvalue weighted by Gasteiger charge is 2.35. The molecule has 0 aromatic heterocycles. The van der Waals surface area contributed by atoms with Crippen LogP contribution in [0.2, 0.25) is 0 Å². The zero-order chi connectivity index (χ0) is 13.3. The van der Waals surface area contributed by atoms with E-state index < -0.39 is 0 Å². The van der Waals surface area contributed by atoms with Gasteiger partial charge in [0.25, 0.3) is 5.91 Å². The Morgan fingerprint density at radius 2 is 2.00 bits per heavy atom. The Hall–Kier alpha value is -1.42. The van der Waals surface area contributed by atoms with Gasteiger partial charge in [0, 0.05) is 24.7 Å². The average molecular weight is 250 g/mol. The van der Waals surface area contributed by atoms with Crippen molar-refractivity contribution < 1.29 is 9.18 Å². The average Bonchev–Trinajstić information content (AvgIpc) is 2.32. The van der Waals surface area contributed by atoms with Crippen molar-refractivity contribution in [1.29, 1.82) is 0 Å². The van der Waals surface area contributed by atoms with E-state index in [1.54, 1.807) is 12.1 Å². The molecule has 1 atom stereocenters. The summed E-state index contributed by atoms with van der Waals surface area (Å²) < 4.78 is 12.9. The standard InChI is InChI=1S/C14H19FN2O/c1-10-8-17(14(2,3)9-16-10)13(18)11-4-6-12(15)7-5-11/h4-7,10,16H,8-9H2,1-3H3. The topological polar surface area (TPSA) is 32.3 Å². The third-order valence-electron chi connectivity index (χ3n) is 3.41. The van der Waals surface area contributed by atoms with E-state index in [0.29, 0.717) is 12.1 Å². The Labute approximate surface area is 107 Å². The largest absolute Gasteiger partial charge is 0.331 e. The summed E-state index contributed by atoms with van der Waals surface area (Å²) in [7, 11) is 0. The molecular weight excluding hydrogens is 231 g/mol. The predicted octanol–water partition coefficient (Wildman–Crippen LogP) is 2.04. The highest BCUT2D eigenvalue weighted by Crippen LogP contribution is 2.21. The van der Waals surface area contributed by atoms with Crippen LogP contribution in [-0.4, -0.2) is 35.5 Å². The van der Waals surface area contributed by atoms with Gasteiger partial charge in [0.15, 0.2) is 0 Å². The molecule has 1 fully saturated rings. The zero-order valence-corrected chi connectivity index (χ0v) is 11.0. The summed E-state index contributed by atoms with van der Waals surface area (Å²) in [6, 6.07) is 6.01. The normalized spacial score (nSPS) is 22.9. The second-order valence-corrected chi connectivity index (χ2v) is 5.52. The van der Waals surface area contributed by atoms with E-state index >= 15 is 0 Å². The minimum absolute atomic E-state index is 0.0339. The Morgan fingerprint density at radius 3 is 2.61 bits per heavy atom. The first-order chi connectivity index (χ1) is 8.40. The molecule has 1 heterocycles. The van der Waals surface area contributed by atoms with Crippen molar-refractivity contribution in [1.82, 2.24) is 10.2 Å². The first-order valence-electron chi connectivity index (χ1n) is 6.21. The molecule has 1 aliphatic heterocycles. The molecule has 1 aromatic rings. The number of hydrogen-bond acceptors (Lipinski definition) is 2. The van der Waals surface area contributed by atoms with Crippen molar-refractivity contribution in [2.75, 3.05) is 13.1 Å². The molecule has 1 N–H and O–H groups in total. The molecule has 2 rings (SSSR count). The fraction of sp³-hybridized carbons (Fsp3) is 0.500. The van der Waals surface area contributed by atoms with Crippen LogP contribution in [0.3, 0.4) is 0 Å². The van der Waals surface area contributed by atoms with Gasteiger partial charge in [0.1, 0.15) is 5.82 Å². The van der Waals surface area contributed by atoms with E-state index in [-0.39, 0.29) is 23.3 Å². The summed E-state index contributed by atoms with van der Waals surface area (Å²) in [6.07, 6.45) is 0. The number of carbonyl (C=O) groups excluding carboxylic acids is 1. The number of nitrogens with zero attached hydrogens (tertiary/aromatic N) is 1. The fourth-order valence-electron chi connectivity index (χ4n) is 2.21. The Kier molecular flexibility index (Phi) is 3.39. The maximum Gasteiger partial charge on any atom is 0.254 e. The monoisotopic (exact) mass is 250 g/mol. The molecule has 0 bridgehead atoms. The number of hydrogen-bond donors (Lipinski definition) is 1. The number of nitrogens with one attached hydrogen (secondary N) is 1. The third kappa shape index (κ3) is 2.53. The summed E-state index contributed by atoms with van der Waals surface area (Å²) in [5, 5.41) is 3.36. The van der Waals surface area contributed by atoms with Crippen molar-refractivity contribution in [3.05, 3.63) is 35.6 Å². The maximum absolute atomic E-state index is 12.9. The van der Waals surface area contributed by atoms with Crippen LogP contribution in [0.25, 0.3) is 0 Å². The second-order valence-electron chi connectivity index (χ2n) is 5.52. The van der Waals surface area contributed by atoms with Gasteiger partial charge in [0.2, 0.25) is 0 Å². The Morgan fingerprint density at radius 1 is 1.39 bits per heavy atom. The molecule has 0 radical (unpaired) electrons. The molecule has 1 unspecified atom stereocenters. The third-order valence-corrected chi connectivity index (χ3v) is 3.41. The van der Waals surface area contributed by atoms with Gasteiger partial charge in [-0.15, -0.1) is 0 Å². The van der Waals surface area contributed by atoms with Crippen LogP contribution in [0, 0.1) is 5.82 Å². The second kappa shape index (κ2) is 4.69. The van der Waals surface area contributed by atoms with Crippen LogP contribution in [0.15, 0.2) is 24.3 Å². The van der Waals surface area contributed by atoms with Crippen LogP contribution in [0.4, 0.5) is 4.39 Å². The summed E-state index contributed by atoms with van der Waals surface area (Å²) in [5.41, 5.74) is 0.316. The van der Waals surface area contributed by atoms with Gasteiger partial charge in [-0.1, -0.05) is 0 Å². The lowest BCUT2D eigenvalue weighted by Crippen LogP contribution is -2.62. The molecule has 18 heavy (non-hydrogen) atoms. The molecule has 3 nitrogen and oxygen atoms in total. The lowest BCUT2D eigenvalue weighted by molar-refractivity contribution is 0.0411. The van der Waals surface area contributed by atoms with Gasteiger partial charge in [-0.05, 0) is 45.0 Å². The van der Waals surface area contributed by atoms with E-state index in [1.165, 1.54) is 12.1 Å². The quantitative estimate of drug-likeness (QED) is 0.827. The molecule has 0 spiro atoms. The van der Waals surface area contributed by atoms with Gasteiger partial charge >= 0.3 is 0 Å². The molecule has 1 amide bonds. The zero-order valence-electron chi connectivity index (χ0n) is 11.0. The van der Waals surface area contributed by atoms with Crippen molar-refractivity contribution in [2.45, 2.75) is 32.4 Å². The summed E-state index contributed by atoms with van der Waals surface area (Å²) >= 11 is 0. The van der Waals surface area contributed by atoms with Gasteiger partial charge < -0.3 is 10.2 Å². The molecule has 1 saturated heterocycles. The van der Waals surface area contributed by atoms with E-state index in [9.17, 15) is 9.18 Å². The molecule has 1 aromatic carbocycles. The van der Waals surface area contributed by atoms with Crippen LogP contribution in [0.1, 0.15) is 31.1 Å². The SMILES string of the molecule is CC1CN(C(=O)c2ccc(F)cc2)C(C)(C)CN1.